The van der Waals surface area contributed by atoms with Crippen LogP contribution in [0.25, 0.3) is 0 Å². The number of nitrogens with one attached hydrogen (secondary N) is 1. The number of rotatable bonds is 5. The van der Waals surface area contributed by atoms with Crippen LogP contribution < -0.4 is 5.32 Å². The average Bonchev–Trinajstić information content (AvgIpc) is 2.49. The number of aromatic carboxylic acids is 1. The maximum absolute atomic E-state index is 14.1. The molecule has 0 bridgehead atoms. The zero-order valence-electron chi connectivity index (χ0n) is 12.4. The van der Waals surface area contributed by atoms with Gasteiger partial charge < -0.3 is 15.2 Å². The van der Waals surface area contributed by atoms with Gasteiger partial charge in [-0.05, 0) is 31.7 Å². The number of hydrogen-bond acceptors (Lipinski definition) is 4. The number of nitrogens with zero attached hydrogens (tertiary/aromatic N) is 1. The van der Waals surface area contributed by atoms with Gasteiger partial charge in [0, 0.05) is 18.8 Å². The molecule has 1 fully saturated rings. The van der Waals surface area contributed by atoms with Crippen LogP contribution >= 0.6 is 0 Å². The fraction of sp³-hybridized carbons (Fsp3) is 0.600. The van der Waals surface area contributed by atoms with E-state index in [1.165, 1.54) is 6.20 Å². The van der Waals surface area contributed by atoms with Gasteiger partial charge in [-0.3, -0.25) is 0 Å². The van der Waals surface area contributed by atoms with Crippen LogP contribution in [0.2, 0.25) is 0 Å². The SMILES string of the molecule is CCC1(CC)CC(Nc2nccc(C(=O)O)c2F)CCO1. The standard InChI is InChI=1S/C15H21FN2O3/c1-3-15(4-2)9-10(6-8-21-15)18-13-12(16)11(14(19)20)5-7-17-13/h5,7,10H,3-4,6,8-9H2,1-2H3,(H,17,18)(H,19,20). The van der Waals surface area contributed by atoms with Crippen molar-refractivity contribution in [1.82, 2.24) is 4.98 Å². The molecule has 1 aliphatic rings. The quantitative estimate of drug-likeness (QED) is 0.873. The summed E-state index contributed by atoms with van der Waals surface area (Å²) in [6.07, 6.45) is 4.61. The number of carbonyl (C=O) groups is 1. The second kappa shape index (κ2) is 6.39. The molecule has 2 rings (SSSR count). The average molecular weight is 296 g/mol. The van der Waals surface area contributed by atoms with Gasteiger partial charge in [0.15, 0.2) is 11.6 Å². The second-order valence-corrected chi connectivity index (χ2v) is 5.40. The Hall–Kier alpha value is -1.69. The fourth-order valence-corrected chi connectivity index (χ4v) is 2.80. The molecule has 6 heteroatoms. The molecule has 0 saturated carbocycles. The van der Waals surface area contributed by atoms with Crippen molar-refractivity contribution < 1.29 is 19.0 Å². The number of halogens is 1. The molecule has 0 radical (unpaired) electrons. The Balaban J connectivity index is 2.15. The monoisotopic (exact) mass is 296 g/mol. The van der Waals surface area contributed by atoms with Crippen molar-refractivity contribution in [1.29, 1.82) is 0 Å². The Kier molecular flexibility index (Phi) is 4.77. The van der Waals surface area contributed by atoms with Gasteiger partial charge in [-0.25, -0.2) is 14.2 Å². The number of aromatic nitrogens is 1. The third kappa shape index (κ3) is 3.32. The molecule has 116 valence electrons. The summed E-state index contributed by atoms with van der Waals surface area (Å²) in [4.78, 5) is 14.9. The molecule has 0 spiro atoms. The van der Waals surface area contributed by atoms with Gasteiger partial charge in [-0.1, -0.05) is 13.8 Å². The summed E-state index contributed by atoms with van der Waals surface area (Å²) in [5.41, 5.74) is -0.548. The highest BCUT2D eigenvalue weighted by atomic mass is 19.1. The lowest BCUT2D eigenvalue weighted by atomic mass is 9.86. The molecular weight excluding hydrogens is 275 g/mol. The first kappa shape index (κ1) is 15.7. The molecule has 0 amide bonds. The van der Waals surface area contributed by atoms with Crippen molar-refractivity contribution in [3.05, 3.63) is 23.6 Å². The molecule has 1 aromatic heterocycles. The van der Waals surface area contributed by atoms with E-state index < -0.39 is 11.8 Å². The summed E-state index contributed by atoms with van der Waals surface area (Å²) < 4.78 is 20.0. The molecule has 0 aliphatic carbocycles. The van der Waals surface area contributed by atoms with Crippen LogP contribution in [-0.4, -0.2) is 34.3 Å². The lowest BCUT2D eigenvalue weighted by Gasteiger charge is -2.40. The number of anilines is 1. The van der Waals surface area contributed by atoms with Crippen LogP contribution in [0.1, 0.15) is 49.9 Å². The van der Waals surface area contributed by atoms with Gasteiger partial charge >= 0.3 is 5.97 Å². The van der Waals surface area contributed by atoms with Crippen LogP contribution in [0, 0.1) is 5.82 Å². The van der Waals surface area contributed by atoms with Gasteiger partial charge in [0.05, 0.1) is 5.60 Å². The van der Waals surface area contributed by atoms with Crippen LogP contribution in [0.15, 0.2) is 12.3 Å². The summed E-state index contributed by atoms with van der Waals surface area (Å²) in [5, 5.41) is 12.0. The molecule has 1 saturated heterocycles. The smallest absolute Gasteiger partial charge is 0.338 e. The molecule has 1 atom stereocenters. The van der Waals surface area contributed by atoms with Crippen molar-refractivity contribution in [2.75, 3.05) is 11.9 Å². The van der Waals surface area contributed by atoms with E-state index in [1.807, 2.05) is 0 Å². The minimum atomic E-state index is -1.29. The first-order valence-electron chi connectivity index (χ1n) is 7.29. The van der Waals surface area contributed by atoms with Crippen LogP contribution in [0.4, 0.5) is 10.2 Å². The minimum absolute atomic E-state index is 0.00269. The highest BCUT2D eigenvalue weighted by Crippen LogP contribution is 2.33. The number of carboxylic acids is 1. The molecule has 0 aromatic carbocycles. The molecule has 5 nitrogen and oxygen atoms in total. The number of carboxylic acid groups (broad SMARTS) is 1. The second-order valence-electron chi connectivity index (χ2n) is 5.40. The van der Waals surface area contributed by atoms with E-state index in [2.05, 4.69) is 24.1 Å². The Labute approximate surface area is 123 Å². The Morgan fingerprint density at radius 2 is 2.29 bits per heavy atom. The van der Waals surface area contributed by atoms with E-state index in [9.17, 15) is 9.18 Å². The molecule has 1 unspecified atom stereocenters. The summed E-state index contributed by atoms with van der Waals surface area (Å²) in [6, 6.07) is 1.19. The largest absolute Gasteiger partial charge is 0.478 e. The lowest BCUT2D eigenvalue weighted by molar-refractivity contribution is -0.0865. The van der Waals surface area contributed by atoms with Gasteiger partial charge in [0.1, 0.15) is 5.56 Å². The van der Waals surface area contributed by atoms with Crippen LogP contribution in [0.3, 0.4) is 0 Å². The maximum atomic E-state index is 14.1. The van der Waals surface area contributed by atoms with Crippen molar-refractivity contribution in [3.8, 4) is 0 Å². The zero-order valence-corrected chi connectivity index (χ0v) is 12.4. The number of hydrogen-bond donors (Lipinski definition) is 2. The Morgan fingerprint density at radius 1 is 1.57 bits per heavy atom. The van der Waals surface area contributed by atoms with Gasteiger partial charge in [0.25, 0.3) is 0 Å². The van der Waals surface area contributed by atoms with Crippen LogP contribution in [-0.2, 0) is 4.74 Å². The van der Waals surface area contributed by atoms with E-state index in [1.54, 1.807) is 0 Å². The van der Waals surface area contributed by atoms with Gasteiger partial charge in [-0.15, -0.1) is 0 Å². The molecule has 21 heavy (non-hydrogen) atoms. The van der Waals surface area contributed by atoms with Crippen molar-refractivity contribution in [3.63, 3.8) is 0 Å². The first-order chi connectivity index (χ1) is 10.0. The first-order valence-corrected chi connectivity index (χ1v) is 7.29. The van der Waals surface area contributed by atoms with Gasteiger partial charge in [-0.2, -0.15) is 0 Å². The highest BCUT2D eigenvalue weighted by molar-refractivity contribution is 5.88. The maximum Gasteiger partial charge on any atom is 0.338 e. The van der Waals surface area contributed by atoms with E-state index in [4.69, 9.17) is 9.84 Å². The zero-order chi connectivity index (χ0) is 15.5. The summed E-state index contributed by atoms with van der Waals surface area (Å²) in [7, 11) is 0. The molecule has 2 N–H and O–H groups in total. The Morgan fingerprint density at radius 3 is 2.90 bits per heavy atom. The highest BCUT2D eigenvalue weighted by Gasteiger charge is 2.35. The minimum Gasteiger partial charge on any atom is -0.478 e. The van der Waals surface area contributed by atoms with E-state index in [0.717, 1.165) is 31.7 Å². The normalized spacial score (nSPS) is 21.0. The topological polar surface area (TPSA) is 71.5 Å². The summed E-state index contributed by atoms with van der Waals surface area (Å²) in [6.45, 7) is 4.77. The number of pyridine rings is 1. The van der Waals surface area contributed by atoms with Gasteiger partial charge in [0.2, 0.25) is 0 Å². The fourth-order valence-electron chi connectivity index (χ4n) is 2.80. The molecular formula is C15H21FN2O3. The third-order valence-corrected chi connectivity index (χ3v) is 4.24. The summed E-state index contributed by atoms with van der Waals surface area (Å²) >= 11 is 0. The van der Waals surface area contributed by atoms with Crippen molar-refractivity contribution in [2.45, 2.75) is 51.2 Å². The predicted molar refractivity (Wildman–Crippen MR) is 77.1 cm³/mol. The predicted octanol–water partition coefficient (Wildman–Crippen LogP) is 3.07. The van der Waals surface area contributed by atoms with E-state index in [-0.39, 0.29) is 23.0 Å². The Bertz CT molecular complexity index is 518. The van der Waals surface area contributed by atoms with E-state index >= 15 is 0 Å². The van der Waals surface area contributed by atoms with Crippen molar-refractivity contribution >= 4 is 11.8 Å². The molecule has 1 aliphatic heterocycles. The van der Waals surface area contributed by atoms with Crippen LogP contribution in [0.5, 0.6) is 0 Å². The van der Waals surface area contributed by atoms with Crippen molar-refractivity contribution in [2.24, 2.45) is 0 Å². The third-order valence-electron chi connectivity index (χ3n) is 4.24. The van der Waals surface area contributed by atoms with E-state index in [0.29, 0.717) is 6.61 Å². The molecule has 1 aromatic rings. The number of ether oxygens (including phenoxy) is 1. The lowest BCUT2D eigenvalue weighted by Crippen LogP contribution is -2.43. The summed E-state index contributed by atoms with van der Waals surface area (Å²) in [5.74, 6) is -2.10. The molecule has 2 heterocycles.